The number of halogens is 1. The van der Waals surface area contributed by atoms with Gasteiger partial charge in [-0.05, 0) is 35.4 Å². The molecule has 0 bridgehead atoms. The summed E-state index contributed by atoms with van der Waals surface area (Å²) in [6, 6.07) is 12.9. The minimum atomic E-state index is -0.454. The lowest BCUT2D eigenvalue weighted by molar-refractivity contribution is -0.121. The molecule has 0 aliphatic rings. The predicted molar refractivity (Wildman–Crippen MR) is 66.8 cm³/mol. The third kappa shape index (κ3) is 2.55. The summed E-state index contributed by atoms with van der Waals surface area (Å²) in [4.78, 5) is 11.0. The predicted octanol–water partition coefficient (Wildman–Crippen LogP) is 3.23. The molecule has 0 unspecified atom stereocenters. The van der Waals surface area contributed by atoms with Crippen LogP contribution in [0, 0.1) is 5.82 Å². The maximum absolute atomic E-state index is 12.8. The fourth-order valence-electron chi connectivity index (χ4n) is 1.62. The summed E-state index contributed by atoms with van der Waals surface area (Å²) in [6.45, 7) is 1.27. The van der Waals surface area contributed by atoms with Crippen molar-refractivity contribution < 1.29 is 14.4 Å². The lowest BCUT2D eigenvalue weighted by atomic mass is 10.1. The highest BCUT2D eigenvalue weighted by Crippen LogP contribution is 2.22. The number of anilines is 1. The molecule has 0 aliphatic carbocycles. The van der Waals surface area contributed by atoms with E-state index in [1.54, 1.807) is 36.4 Å². The van der Waals surface area contributed by atoms with Crippen LogP contribution in [0.15, 0.2) is 48.5 Å². The number of hydroxylamine groups is 1. The van der Waals surface area contributed by atoms with E-state index in [9.17, 15) is 14.4 Å². The zero-order valence-electron chi connectivity index (χ0n) is 9.80. The van der Waals surface area contributed by atoms with Crippen LogP contribution in [0.3, 0.4) is 0 Å². The van der Waals surface area contributed by atoms with Crippen molar-refractivity contribution in [1.29, 1.82) is 0 Å². The molecule has 0 heterocycles. The lowest BCUT2D eigenvalue weighted by Gasteiger charge is -2.12. The van der Waals surface area contributed by atoms with Gasteiger partial charge in [-0.25, -0.2) is 4.39 Å². The summed E-state index contributed by atoms with van der Waals surface area (Å²) < 4.78 is 12.8. The van der Waals surface area contributed by atoms with Crippen LogP contribution >= 0.6 is 0 Å². The normalized spacial score (nSPS) is 10.2. The van der Waals surface area contributed by atoms with Gasteiger partial charge in [-0.1, -0.05) is 24.3 Å². The standard InChI is InChI=1S/C14H12FNO2/c1-10(17)16(18)14-8-4-12(5-9-14)11-2-6-13(15)7-3-11/h2-9,18H,1H3. The molecule has 4 heteroatoms. The van der Waals surface area contributed by atoms with Gasteiger partial charge in [0.2, 0.25) is 5.91 Å². The van der Waals surface area contributed by atoms with Gasteiger partial charge in [0.1, 0.15) is 5.82 Å². The van der Waals surface area contributed by atoms with Gasteiger partial charge in [-0.3, -0.25) is 10.0 Å². The lowest BCUT2D eigenvalue weighted by Crippen LogP contribution is -2.23. The van der Waals surface area contributed by atoms with Gasteiger partial charge < -0.3 is 0 Å². The van der Waals surface area contributed by atoms with Crippen LogP contribution in [-0.4, -0.2) is 11.1 Å². The van der Waals surface area contributed by atoms with Crippen molar-refractivity contribution in [3.05, 3.63) is 54.3 Å². The van der Waals surface area contributed by atoms with Gasteiger partial charge in [0.25, 0.3) is 0 Å². The van der Waals surface area contributed by atoms with Crippen molar-refractivity contribution in [1.82, 2.24) is 0 Å². The van der Waals surface area contributed by atoms with E-state index in [2.05, 4.69) is 0 Å². The van der Waals surface area contributed by atoms with E-state index in [1.165, 1.54) is 19.1 Å². The molecular weight excluding hydrogens is 233 g/mol. The van der Waals surface area contributed by atoms with Crippen LogP contribution in [0.25, 0.3) is 11.1 Å². The largest absolute Gasteiger partial charge is 0.281 e. The van der Waals surface area contributed by atoms with Crippen LogP contribution in [0.5, 0.6) is 0 Å². The topological polar surface area (TPSA) is 40.5 Å². The molecule has 2 aromatic rings. The Labute approximate surface area is 104 Å². The molecule has 2 rings (SSSR count). The Bertz CT molecular complexity index is 549. The first kappa shape index (κ1) is 12.3. The minimum absolute atomic E-state index is 0.284. The molecule has 0 atom stereocenters. The SMILES string of the molecule is CC(=O)N(O)c1ccc(-c2ccc(F)cc2)cc1. The number of hydrogen-bond donors (Lipinski definition) is 1. The Kier molecular flexibility index (Phi) is 3.39. The van der Waals surface area contributed by atoms with E-state index in [-0.39, 0.29) is 5.82 Å². The van der Waals surface area contributed by atoms with E-state index in [4.69, 9.17) is 0 Å². The fourth-order valence-corrected chi connectivity index (χ4v) is 1.62. The monoisotopic (exact) mass is 245 g/mol. The van der Waals surface area contributed by atoms with Gasteiger partial charge in [0, 0.05) is 6.92 Å². The zero-order valence-corrected chi connectivity index (χ0v) is 9.80. The molecule has 0 saturated carbocycles. The maximum Gasteiger partial charge on any atom is 0.247 e. The van der Waals surface area contributed by atoms with Crippen LogP contribution in [0.4, 0.5) is 10.1 Å². The number of hydrogen-bond acceptors (Lipinski definition) is 2. The van der Waals surface area contributed by atoms with Crippen LogP contribution in [0.2, 0.25) is 0 Å². The van der Waals surface area contributed by atoms with E-state index in [0.29, 0.717) is 10.8 Å². The number of nitrogens with zero attached hydrogens (tertiary/aromatic N) is 1. The van der Waals surface area contributed by atoms with E-state index in [1.807, 2.05) is 0 Å². The molecule has 0 aromatic heterocycles. The Morgan fingerprint density at radius 1 is 1.00 bits per heavy atom. The molecule has 0 aliphatic heterocycles. The van der Waals surface area contributed by atoms with E-state index in [0.717, 1.165) is 11.1 Å². The highest BCUT2D eigenvalue weighted by molar-refractivity contribution is 5.89. The smallest absolute Gasteiger partial charge is 0.247 e. The molecule has 1 N–H and O–H groups in total. The summed E-state index contributed by atoms with van der Waals surface area (Å²) in [7, 11) is 0. The van der Waals surface area contributed by atoms with Crippen molar-refractivity contribution in [3.63, 3.8) is 0 Å². The number of carbonyl (C=O) groups is 1. The molecule has 0 fully saturated rings. The van der Waals surface area contributed by atoms with E-state index < -0.39 is 5.91 Å². The fraction of sp³-hybridized carbons (Fsp3) is 0.0714. The van der Waals surface area contributed by atoms with Crippen molar-refractivity contribution >= 4 is 11.6 Å². The molecule has 0 saturated heterocycles. The maximum atomic E-state index is 12.8. The average Bonchev–Trinajstić information content (AvgIpc) is 2.39. The van der Waals surface area contributed by atoms with Crippen molar-refractivity contribution in [2.45, 2.75) is 6.92 Å². The quantitative estimate of drug-likeness (QED) is 0.651. The van der Waals surface area contributed by atoms with Crippen LogP contribution in [0.1, 0.15) is 6.92 Å². The molecule has 0 radical (unpaired) electrons. The number of carbonyl (C=O) groups excluding carboxylic acids is 1. The van der Waals surface area contributed by atoms with Crippen LogP contribution in [-0.2, 0) is 4.79 Å². The van der Waals surface area contributed by atoms with Gasteiger partial charge in [0.05, 0.1) is 5.69 Å². The molecule has 18 heavy (non-hydrogen) atoms. The third-order valence-corrected chi connectivity index (χ3v) is 2.59. The molecule has 1 amide bonds. The van der Waals surface area contributed by atoms with E-state index >= 15 is 0 Å². The van der Waals surface area contributed by atoms with Crippen LogP contribution < -0.4 is 5.06 Å². The zero-order chi connectivity index (χ0) is 13.1. The Morgan fingerprint density at radius 3 is 1.89 bits per heavy atom. The molecular formula is C14H12FNO2. The molecule has 92 valence electrons. The summed E-state index contributed by atoms with van der Waals surface area (Å²) in [5, 5.41) is 10.0. The average molecular weight is 245 g/mol. The van der Waals surface area contributed by atoms with Crippen molar-refractivity contribution in [2.75, 3.05) is 5.06 Å². The third-order valence-electron chi connectivity index (χ3n) is 2.59. The first-order valence-corrected chi connectivity index (χ1v) is 5.43. The van der Waals surface area contributed by atoms with Crippen molar-refractivity contribution in [2.24, 2.45) is 0 Å². The second kappa shape index (κ2) is 4.98. The Hall–Kier alpha value is -2.20. The number of benzene rings is 2. The highest BCUT2D eigenvalue weighted by atomic mass is 19.1. The summed E-state index contributed by atoms with van der Waals surface area (Å²) >= 11 is 0. The second-order valence-corrected chi connectivity index (χ2v) is 3.88. The summed E-state index contributed by atoms with van der Waals surface area (Å²) in [6.07, 6.45) is 0. The molecule has 0 spiro atoms. The second-order valence-electron chi connectivity index (χ2n) is 3.88. The minimum Gasteiger partial charge on any atom is -0.281 e. The number of rotatable bonds is 2. The van der Waals surface area contributed by atoms with Gasteiger partial charge >= 0.3 is 0 Å². The Morgan fingerprint density at radius 2 is 1.44 bits per heavy atom. The highest BCUT2D eigenvalue weighted by Gasteiger charge is 2.07. The van der Waals surface area contributed by atoms with Gasteiger partial charge in [0.15, 0.2) is 0 Å². The number of amides is 1. The molecule has 2 aromatic carbocycles. The first-order chi connectivity index (χ1) is 8.58. The van der Waals surface area contributed by atoms with Gasteiger partial charge in [-0.2, -0.15) is 5.06 Å². The van der Waals surface area contributed by atoms with Crippen molar-refractivity contribution in [3.8, 4) is 11.1 Å². The summed E-state index contributed by atoms with van der Waals surface area (Å²) in [5.41, 5.74) is 2.15. The van der Waals surface area contributed by atoms with Gasteiger partial charge in [-0.15, -0.1) is 0 Å². The molecule has 3 nitrogen and oxygen atoms in total. The summed E-state index contributed by atoms with van der Waals surface area (Å²) in [5.74, 6) is -0.738. The first-order valence-electron chi connectivity index (χ1n) is 5.43. The Balaban J connectivity index is 2.27.